The van der Waals surface area contributed by atoms with E-state index in [4.69, 9.17) is 13.3 Å². The monoisotopic (exact) mass is 445 g/mol. The van der Waals surface area contributed by atoms with Crippen molar-refractivity contribution in [3.63, 3.8) is 0 Å². The Kier molecular flexibility index (Phi) is 22.3. The van der Waals surface area contributed by atoms with Gasteiger partial charge in [-0.05, 0) is 59.7 Å². The first kappa shape index (κ1) is 30.1. The largest absolute Gasteiger partial charge is 0.500 e. The van der Waals surface area contributed by atoms with E-state index in [0.29, 0.717) is 19.8 Å². The van der Waals surface area contributed by atoms with Crippen LogP contribution in [0.5, 0.6) is 0 Å². The minimum absolute atomic E-state index is 0.672. The molecule has 5 heteroatoms. The summed E-state index contributed by atoms with van der Waals surface area (Å²) in [5.74, 6) is 0. The van der Waals surface area contributed by atoms with E-state index in [9.17, 15) is 0 Å². The van der Waals surface area contributed by atoms with Gasteiger partial charge in [-0.15, -0.1) is 0 Å². The lowest BCUT2D eigenvalue weighted by molar-refractivity contribution is 0.0698. The van der Waals surface area contributed by atoms with E-state index >= 15 is 0 Å². The zero-order chi connectivity index (χ0) is 22.3. The lowest BCUT2D eigenvalue weighted by atomic mass is 10.1. The van der Waals surface area contributed by atoms with Crippen LogP contribution in [-0.2, 0) is 13.3 Å². The Hall–Kier alpha value is 0.0569. The molecule has 0 aromatic heterocycles. The van der Waals surface area contributed by atoms with Crippen LogP contribution in [0.2, 0.25) is 6.04 Å². The molecule has 0 fully saturated rings. The third kappa shape index (κ3) is 16.7. The molecule has 0 N–H and O–H groups in total. The first-order chi connectivity index (χ1) is 14.7. The zero-order valence-corrected chi connectivity index (χ0v) is 22.3. The van der Waals surface area contributed by atoms with E-state index in [-0.39, 0.29) is 0 Å². The van der Waals surface area contributed by atoms with E-state index in [0.717, 1.165) is 19.0 Å². The van der Waals surface area contributed by atoms with E-state index < -0.39 is 8.80 Å². The molecule has 0 aliphatic carbocycles. The van der Waals surface area contributed by atoms with E-state index in [1.54, 1.807) is 0 Å². The lowest BCUT2D eigenvalue weighted by Crippen LogP contribution is -2.46. The second-order valence-corrected chi connectivity index (χ2v) is 11.2. The van der Waals surface area contributed by atoms with Crippen molar-refractivity contribution < 1.29 is 13.3 Å². The molecule has 0 rings (SSSR count). The summed E-state index contributed by atoms with van der Waals surface area (Å²) in [6.45, 7) is 16.4. The zero-order valence-electron chi connectivity index (χ0n) is 21.3. The Morgan fingerprint density at radius 3 is 1.23 bits per heavy atom. The first-order valence-electron chi connectivity index (χ1n) is 13.3. The van der Waals surface area contributed by atoms with Gasteiger partial charge in [0.15, 0.2) is 0 Å². The molecule has 0 heterocycles. The van der Waals surface area contributed by atoms with Gasteiger partial charge in [0.2, 0.25) is 0 Å². The second-order valence-electron chi connectivity index (χ2n) is 8.46. The van der Waals surface area contributed by atoms with Crippen molar-refractivity contribution in [2.75, 3.05) is 39.5 Å². The van der Waals surface area contributed by atoms with Gasteiger partial charge in [-0.2, -0.15) is 0 Å². The first-order valence-corrected chi connectivity index (χ1v) is 15.2. The molecule has 0 atom stereocenters. The molecule has 0 unspecified atom stereocenters. The van der Waals surface area contributed by atoms with Crippen molar-refractivity contribution in [3.05, 3.63) is 0 Å². The minimum Gasteiger partial charge on any atom is -0.374 e. The van der Waals surface area contributed by atoms with Gasteiger partial charge >= 0.3 is 8.80 Å². The fraction of sp³-hybridized carbons (Fsp3) is 1.00. The lowest BCUT2D eigenvalue weighted by Gasteiger charge is -2.30. The number of rotatable bonds is 24. The number of hydrogen-bond acceptors (Lipinski definition) is 4. The van der Waals surface area contributed by atoms with Gasteiger partial charge in [0.25, 0.3) is 0 Å². The highest BCUT2D eigenvalue weighted by Crippen LogP contribution is 2.19. The van der Waals surface area contributed by atoms with Crippen LogP contribution in [0.25, 0.3) is 0 Å². The normalized spacial score (nSPS) is 12.2. The molecule has 0 saturated heterocycles. The van der Waals surface area contributed by atoms with Gasteiger partial charge in [0.1, 0.15) is 0 Å². The van der Waals surface area contributed by atoms with Gasteiger partial charge in [-0.25, -0.2) is 0 Å². The average molecular weight is 446 g/mol. The van der Waals surface area contributed by atoms with E-state index in [2.05, 4.69) is 18.7 Å². The highest BCUT2D eigenvalue weighted by atomic mass is 28.4. The molecule has 30 heavy (non-hydrogen) atoms. The third-order valence-electron chi connectivity index (χ3n) is 5.71. The second kappa shape index (κ2) is 22.3. The van der Waals surface area contributed by atoms with Gasteiger partial charge in [0.05, 0.1) is 0 Å². The van der Waals surface area contributed by atoms with E-state index in [1.807, 2.05) is 20.8 Å². The molecule has 0 bridgehead atoms. The van der Waals surface area contributed by atoms with Crippen molar-refractivity contribution in [1.82, 2.24) is 4.90 Å². The average Bonchev–Trinajstić information content (AvgIpc) is 2.73. The summed E-state index contributed by atoms with van der Waals surface area (Å²) in [5.41, 5.74) is 0. The van der Waals surface area contributed by atoms with Crippen molar-refractivity contribution in [3.8, 4) is 0 Å². The number of hydrogen-bond donors (Lipinski definition) is 0. The SMILES string of the molecule is CCCCCCCCN(CCCCCCCC)CCC[Si](OCC)(OCC)OCC. The van der Waals surface area contributed by atoms with Crippen molar-refractivity contribution in [1.29, 1.82) is 0 Å². The summed E-state index contributed by atoms with van der Waals surface area (Å²) in [7, 11) is -2.50. The van der Waals surface area contributed by atoms with E-state index in [1.165, 1.54) is 90.1 Å². The Morgan fingerprint density at radius 2 is 0.833 bits per heavy atom. The molecule has 182 valence electrons. The third-order valence-corrected chi connectivity index (χ3v) is 8.86. The molecule has 0 aliphatic rings. The Bertz CT molecular complexity index is 311. The van der Waals surface area contributed by atoms with Crippen LogP contribution < -0.4 is 0 Å². The Balaban J connectivity index is 4.44. The van der Waals surface area contributed by atoms with Gasteiger partial charge < -0.3 is 18.2 Å². The predicted molar refractivity (Wildman–Crippen MR) is 133 cm³/mol. The molecular weight excluding hydrogens is 390 g/mol. The summed E-state index contributed by atoms with van der Waals surface area (Å²) in [6, 6.07) is 0.937. The molecule has 0 aliphatic heterocycles. The van der Waals surface area contributed by atoms with Crippen molar-refractivity contribution in [2.45, 2.75) is 124 Å². The van der Waals surface area contributed by atoms with Crippen molar-refractivity contribution in [2.24, 2.45) is 0 Å². The minimum atomic E-state index is -2.50. The summed E-state index contributed by atoms with van der Waals surface area (Å²) < 4.78 is 18.1. The topological polar surface area (TPSA) is 30.9 Å². The van der Waals surface area contributed by atoms with Crippen LogP contribution in [0.15, 0.2) is 0 Å². The highest BCUT2D eigenvalue weighted by molar-refractivity contribution is 6.60. The maximum Gasteiger partial charge on any atom is 0.500 e. The summed E-state index contributed by atoms with van der Waals surface area (Å²) in [6.07, 6.45) is 17.6. The molecule has 0 amide bonds. The van der Waals surface area contributed by atoms with Crippen LogP contribution in [-0.4, -0.2) is 53.2 Å². The van der Waals surface area contributed by atoms with Gasteiger partial charge in [0, 0.05) is 25.9 Å². The summed E-state index contributed by atoms with van der Waals surface area (Å²) in [4.78, 5) is 2.70. The molecule has 0 spiro atoms. The molecule has 4 nitrogen and oxygen atoms in total. The highest BCUT2D eigenvalue weighted by Gasteiger charge is 2.39. The maximum atomic E-state index is 6.04. The maximum absolute atomic E-state index is 6.04. The standard InChI is InChI=1S/C25H55NO3Si/c1-6-11-13-15-17-19-22-26(23-20-18-16-14-12-7-2)24-21-25-30(27-8-3,28-9-4)29-10-5/h6-25H2,1-5H3. The molecule has 0 saturated carbocycles. The summed E-state index contributed by atoms with van der Waals surface area (Å²) >= 11 is 0. The van der Waals surface area contributed by atoms with Crippen molar-refractivity contribution >= 4 is 8.80 Å². The Morgan fingerprint density at radius 1 is 0.467 bits per heavy atom. The smallest absolute Gasteiger partial charge is 0.374 e. The van der Waals surface area contributed by atoms with Crippen LogP contribution in [0.1, 0.15) is 118 Å². The van der Waals surface area contributed by atoms with Gasteiger partial charge in [-0.1, -0.05) is 78.1 Å². The summed E-state index contributed by atoms with van der Waals surface area (Å²) in [5, 5.41) is 0. The molecule has 0 radical (unpaired) electrons. The Labute approximate surface area is 190 Å². The number of unbranched alkanes of at least 4 members (excludes halogenated alkanes) is 10. The van der Waals surface area contributed by atoms with Crippen LogP contribution in [0.4, 0.5) is 0 Å². The van der Waals surface area contributed by atoms with Crippen LogP contribution >= 0.6 is 0 Å². The molecule has 0 aromatic rings. The predicted octanol–water partition coefficient (Wildman–Crippen LogP) is 7.45. The molecular formula is C25H55NO3Si. The van der Waals surface area contributed by atoms with Crippen LogP contribution in [0.3, 0.4) is 0 Å². The fourth-order valence-corrected chi connectivity index (χ4v) is 6.68. The molecule has 0 aromatic carbocycles. The van der Waals surface area contributed by atoms with Crippen LogP contribution in [0, 0.1) is 0 Å². The van der Waals surface area contributed by atoms with Gasteiger partial charge in [-0.3, -0.25) is 0 Å². The fourth-order valence-electron chi connectivity index (χ4n) is 4.09. The number of nitrogens with zero attached hydrogens (tertiary/aromatic N) is 1. The quantitative estimate of drug-likeness (QED) is 0.114.